The quantitative estimate of drug-likeness (QED) is 0.400. The van der Waals surface area contributed by atoms with Crippen molar-refractivity contribution in [1.82, 2.24) is 10.6 Å². The van der Waals surface area contributed by atoms with Gasteiger partial charge >= 0.3 is 5.97 Å². The zero-order valence-electron chi connectivity index (χ0n) is 22.0. The van der Waals surface area contributed by atoms with E-state index in [9.17, 15) is 19.5 Å². The number of halogens is 3. The van der Waals surface area contributed by atoms with Crippen molar-refractivity contribution in [2.75, 3.05) is 5.32 Å². The third-order valence-corrected chi connectivity index (χ3v) is 11.3. The number of hydrogen-bond acceptors (Lipinski definition) is 4. The first-order valence-electron chi connectivity index (χ1n) is 13.8. The van der Waals surface area contributed by atoms with Crippen molar-refractivity contribution in [2.24, 2.45) is 5.41 Å². The van der Waals surface area contributed by atoms with Gasteiger partial charge in [-0.3, -0.25) is 19.7 Å². The molecule has 0 aromatic heterocycles. The number of carbonyl (C=O) groups excluding carboxylic acids is 2. The summed E-state index contributed by atoms with van der Waals surface area (Å²) in [5.74, 6) is -2.17. The number of fused-ring (bicyclic) bond motifs is 3. The Morgan fingerprint density at radius 3 is 2.42 bits per heavy atom. The fourth-order valence-corrected chi connectivity index (χ4v) is 9.61. The van der Waals surface area contributed by atoms with Crippen molar-refractivity contribution < 1.29 is 23.9 Å². The first kappa shape index (κ1) is 26.2. The smallest absolute Gasteiger partial charge is 0.309 e. The molecule has 10 heteroatoms. The zero-order chi connectivity index (χ0) is 28.3. The molecule has 2 aromatic carbocycles. The molecule has 2 heterocycles. The molecule has 4 saturated carbocycles. The van der Waals surface area contributed by atoms with Gasteiger partial charge in [0.25, 0.3) is 0 Å². The normalized spacial score (nSPS) is 36.5. The fraction of sp³-hybridized carbons (Fsp3) is 0.500. The van der Waals surface area contributed by atoms with Crippen molar-refractivity contribution in [2.45, 2.75) is 86.2 Å². The SMILES string of the molecule is CC1(c2cccc(Cl)c2F)C(C(=O)NC23CC(C(=O)O)(C2)C3)NC2(CCCCC2)C12C(=O)Nc1cc(Cl)ccc12. The highest BCUT2D eigenvalue weighted by Crippen LogP contribution is 2.68. The second-order valence-electron chi connectivity index (χ2n) is 12.8. The minimum Gasteiger partial charge on any atom is -0.481 e. The van der Waals surface area contributed by atoms with E-state index in [1.807, 2.05) is 6.07 Å². The van der Waals surface area contributed by atoms with Gasteiger partial charge in [-0.1, -0.05) is 67.6 Å². The summed E-state index contributed by atoms with van der Waals surface area (Å²) in [5, 5.41) is 19.8. The molecule has 4 N–H and O–H groups in total. The molecule has 1 saturated heterocycles. The van der Waals surface area contributed by atoms with Gasteiger partial charge in [-0.05, 0) is 61.4 Å². The third kappa shape index (κ3) is 2.97. The highest BCUT2D eigenvalue weighted by Gasteiger charge is 2.79. The Kier molecular flexibility index (Phi) is 5.38. The summed E-state index contributed by atoms with van der Waals surface area (Å²) in [5.41, 5.74) is -3.53. The van der Waals surface area contributed by atoms with E-state index in [-0.39, 0.29) is 22.4 Å². The van der Waals surface area contributed by atoms with Gasteiger partial charge in [0.2, 0.25) is 11.8 Å². The minimum atomic E-state index is -1.40. The summed E-state index contributed by atoms with van der Waals surface area (Å²) < 4.78 is 16.1. The van der Waals surface area contributed by atoms with Crippen LogP contribution in [-0.2, 0) is 25.2 Å². The van der Waals surface area contributed by atoms with Crippen molar-refractivity contribution in [1.29, 1.82) is 0 Å². The predicted molar refractivity (Wildman–Crippen MR) is 148 cm³/mol. The molecule has 40 heavy (non-hydrogen) atoms. The van der Waals surface area contributed by atoms with E-state index in [0.717, 1.165) is 19.3 Å². The lowest BCUT2D eigenvalue weighted by Crippen LogP contribution is -2.78. The van der Waals surface area contributed by atoms with Gasteiger partial charge in [0.05, 0.1) is 16.5 Å². The first-order chi connectivity index (χ1) is 18.9. The second-order valence-corrected chi connectivity index (χ2v) is 13.6. The topological polar surface area (TPSA) is 108 Å². The zero-order valence-corrected chi connectivity index (χ0v) is 23.5. The monoisotopic (exact) mass is 585 g/mol. The molecule has 0 radical (unpaired) electrons. The van der Waals surface area contributed by atoms with Gasteiger partial charge in [0, 0.05) is 27.2 Å². The van der Waals surface area contributed by atoms with Crippen LogP contribution in [0.4, 0.5) is 10.1 Å². The fourth-order valence-electron chi connectivity index (χ4n) is 9.26. The third-order valence-electron chi connectivity index (χ3n) is 10.8. The van der Waals surface area contributed by atoms with Crippen LogP contribution in [0.25, 0.3) is 0 Å². The number of hydrogen-bond donors (Lipinski definition) is 4. The van der Waals surface area contributed by atoms with Gasteiger partial charge in [0.15, 0.2) is 0 Å². The highest BCUT2D eigenvalue weighted by molar-refractivity contribution is 6.31. The van der Waals surface area contributed by atoms with Crippen LogP contribution in [0.2, 0.25) is 10.0 Å². The Morgan fingerprint density at radius 2 is 1.75 bits per heavy atom. The van der Waals surface area contributed by atoms with Crippen LogP contribution in [0.3, 0.4) is 0 Å². The minimum absolute atomic E-state index is 0.0878. The molecule has 6 aliphatic rings. The second kappa shape index (κ2) is 8.20. The van der Waals surface area contributed by atoms with Gasteiger partial charge in [-0.25, -0.2) is 4.39 Å². The Labute approximate surface area is 241 Å². The number of rotatable bonds is 4. The Bertz CT molecular complexity index is 1490. The molecule has 2 amide bonds. The number of anilines is 1. The van der Waals surface area contributed by atoms with E-state index in [4.69, 9.17) is 23.2 Å². The molecule has 2 aliphatic heterocycles. The van der Waals surface area contributed by atoms with Crippen LogP contribution in [0.5, 0.6) is 0 Å². The summed E-state index contributed by atoms with van der Waals surface area (Å²) in [6.45, 7) is 1.80. The molecule has 2 spiro atoms. The Hall–Kier alpha value is -2.68. The maximum Gasteiger partial charge on any atom is 0.309 e. The number of benzene rings is 2. The van der Waals surface area contributed by atoms with Gasteiger partial charge in [-0.2, -0.15) is 0 Å². The number of amides is 2. The molecular weight excluding hydrogens is 556 g/mol. The first-order valence-corrected chi connectivity index (χ1v) is 14.6. The van der Waals surface area contributed by atoms with Crippen LogP contribution in [0, 0.1) is 11.2 Å². The maximum absolute atomic E-state index is 16.1. The van der Waals surface area contributed by atoms with Gasteiger partial charge in [-0.15, -0.1) is 0 Å². The lowest BCUT2D eigenvalue weighted by molar-refractivity contribution is -0.200. The van der Waals surface area contributed by atoms with Crippen molar-refractivity contribution in [3.8, 4) is 0 Å². The van der Waals surface area contributed by atoms with Crippen LogP contribution in [0.15, 0.2) is 36.4 Å². The maximum atomic E-state index is 16.1. The summed E-state index contributed by atoms with van der Waals surface area (Å²) >= 11 is 12.7. The lowest BCUT2D eigenvalue weighted by Gasteiger charge is -2.68. The number of aliphatic carboxylic acids is 1. The summed E-state index contributed by atoms with van der Waals surface area (Å²) in [4.78, 5) is 40.6. The lowest BCUT2D eigenvalue weighted by atomic mass is 9.39. The van der Waals surface area contributed by atoms with Crippen molar-refractivity contribution in [3.05, 3.63) is 63.4 Å². The van der Waals surface area contributed by atoms with Gasteiger partial charge < -0.3 is 15.7 Å². The number of nitrogens with one attached hydrogen (secondary N) is 3. The Balaban J connectivity index is 1.44. The number of carbonyl (C=O) groups is 3. The molecule has 3 atom stereocenters. The summed E-state index contributed by atoms with van der Waals surface area (Å²) in [7, 11) is 0. The number of carboxylic acid groups (broad SMARTS) is 1. The highest BCUT2D eigenvalue weighted by atomic mass is 35.5. The number of carboxylic acids is 1. The van der Waals surface area contributed by atoms with E-state index in [1.54, 1.807) is 31.2 Å². The van der Waals surface area contributed by atoms with Crippen molar-refractivity contribution in [3.63, 3.8) is 0 Å². The molecule has 5 fully saturated rings. The van der Waals surface area contributed by atoms with E-state index in [1.165, 1.54) is 6.07 Å². The van der Waals surface area contributed by atoms with Gasteiger partial charge in [0.1, 0.15) is 11.2 Å². The van der Waals surface area contributed by atoms with Crippen LogP contribution >= 0.6 is 23.2 Å². The molecule has 210 valence electrons. The molecular formula is C30H30Cl2FN3O4. The average Bonchev–Trinajstić information content (AvgIpc) is 3.28. The molecule has 7 nitrogen and oxygen atoms in total. The van der Waals surface area contributed by atoms with Crippen LogP contribution in [0.1, 0.15) is 69.4 Å². The predicted octanol–water partition coefficient (Wildman–Crippen LogP) is 5.08. The molecule has 3 unspecified atom stereocenters. The summed E-state index contributed by atoms with van der Waals surface area (Å²) in [6, 6.07) is 8.99. The standard InChI is InChI=1S/C30H30Cl2FN3O4/c1-26(18-6-5-7-19(32)21(18)33)22(23(37)36-28-13-27(14-28,15-28)25(39)40)35-29(10-3-2-4-11-29)30(26)17-9-8-16(31)12-20(17)34-24(30)38/h5-9,12,22,35H,2-4,10-11,13-15H2,1H3,(H,34,38)(H,36,37)(H,39,40). The molecule has 2 bridgehead atoms. The Morgan fingerprint density at radius 1 is 1.05 bits per heavy atom. The van der Waals surface area contributed by atoms with E-state index in [2.05, 4.69) is 16.0 Å². The largest absolute Gasteiger partial charge is 0.481 e. The molecule has 8 rings (SSSR count). The van der Waals surface area contributed by atoms with E-state index >= 15 is 4.39 Å². The van der Waals surface area contributed by atoms with Crippen LogP contribution in [-0.4, -0.2) is 40.0 Å². The summed E-state index contributed by atoms with van der Waals surface area (Å²) in [6.07, 6.45) is 5.04. The van der Waals surface area contributed by atoms with Crippen molar-refractivity contribution >= 4 is 46.7 Å². The van der Waals surface area contributed by atoms with E-state index in [0.29, 0.717) is 48.4 Å². The molecule has 2 aromatic rings. The molecule has 4 aliphatic carbocycles. The van der Waals surface area contributed by atoms with Crippen LogP contribution < -0.4 is 16.0 Å². The average molecular weight is 586 g/mol. The van der Waals surface area contributed by atoms with E-state index < -0.39 is 45.2 Å².